The Bertz CT molecular complexity index is 1490. The molecule has 0 atom stereocenters. The standard InChI is InChI=1S/C28H22ClN3O4S2/c1-2-36-19-13-11-18(12-14-19)30-23(33)16-31-22-10-6-4-8-20(22)24(26(31)34)25-27(35)32(28(37)38-25)15-17-7-3-5-9-21(17)29/h3-14H,2,15-16H2,1H3,(H,30,33)/b25-24-. The van der Waals surface area contributed by atoms with E-state index < -0.39 is 5.91 Å². The van der Waals surface area contributed by atoms with Gasteiger partial charge in [0.1, 0.15) is 16.6 Å². The number of nitrogens with zero attached hydrogens (tertiary/aromatic N) is 2. The van der Waals surface area contributed by atoms with Gasteiger partial charge < -0.3 is 10.1 Å². The zero-order valence-corrected chi connectivity index (χ0v) is 22.7. The van der Waals surface area contributed by atoms with Crippen LogP contribution in [0.2, 0.25) is 5.02 Å². The number of hydrogen-bond acceptors (Lipinski definition) is 6. The highest BCUT2D eigenvalue weighted by Gasteiger charge is 2.42. The molecule has 5 rings (SSSR count). The van der Waals surface area contributed by atoms with Gasteiger partial charge in [-0.1, -0.05) is 72.0 Å². The molecule has 10 heteroatoms. The average Bonchev–Trinajstić information content (AvgIpc) is 3.33. The Labute approximate surface area is 234 Å². The second-order valence-corrected chi connectivity index (χ2v) is 10.5. The van der Waals surface area contributed by atoms with Gasteiger partial charge in [0.15, 0.2) is 0 Å². The van der Waals surface area contributed by atoms with Gasteiger partial charge in [-0.3, -0.25) is 24.2 Å². The molecule has 0 saturated carbocycles. The van der Waals surface area contributed by atoms with Crippen molar-refractivity contribution >= 4 is 74.6 Å². The highest BCUT2D eigenvalue weighted by atomic mass is 35.5. The topological polar surface area (TPSA) is 79.0 Å². The molecule has 7 nitrogen and oxygen atoms in total. The molecular formula is C28H22ClN3O4S2. The van der Waals surface area contributed by atoms with E-state index in [1.807, 2.05) is 25.1 Å². The lowest BCUT2D eigenvalue weighted by Gasteiger charge is -2.17. The predicted octanol–water partition coefficient (Wildman–Crippen LogP) is 5.50. The quantitative estimate of drug-likeness (QED) is 0.302. The summed E-state index contributed by atoms with van der Waals surface area (Å²) in [6, 6.07) is 21.3. The van der Waals surface area contributed by atoms with Gasteiger partial charge >= 0.3 is 0 Å². The summed E-state index contributed by atoms with van der Waals surface area (Å²) in [6.45, 7) is 2.42. The normalized spacial score (nSPS) is 16.7. The molecule has 2 aliphatic rings. The monoisotopic (exact) mass is 563 g/mol. The number of benzene rings is 3. The van der Waals surface area contributed by atoms with Gasteiger partial charge in [-0.2, -0.15) is 0 Å². The first-order valence-electron chi connectivity index (χ1n) is 11.8. The minimum atomic E-state index is -0.425. The van der Waals surface area contributed by atoms with Gasteiger partial charge in [0.05, 0.1) is 29.3 Å². The Morgan fingerprint density at radius 2 is 1.68 bits per heavy atom. The predicted molar refractivity (Wildman–Crippen MR) is 154 cm³/mol. The van der Waals surface area contributed by atoms with Gasteiger partial charge in [0.2, 0.25) is 5.91 Å². The van der Waals surface area contributed by atoms with Crippen LogP contribution < -0.4 is 15.0 Å². The minimum Gasteiger partial charge on any atom is -0.494 e. The molecule has 0 unspecified atom stereocenters. The SMILES string of the molecule is CCOc1ccc(NC(=O)CN2C(=O)/C(=C3\SC(=S)N(Cc4ccccc4Cl)C3=O)c3ccccc32)cc1. The van der Waals surface area contributed by atoms with Crippen molar-refractivity contribution in [1.82, 2.24) is 4.90 Å². The van der Waals surface area contributed by atoms with E-state index in [0.717, 1.165) is 17.3 Å². The molecule has 1 saturated heterocycles. The molecule has 0 aromatic heterocycles. The molecule has 3 amide bonds. The van der Waals surface area contributed by atoms with Crippen LogP contribution in [-0.4, -0.2) is 40.1 Å². The first kappa shape index (κ1) is 26.0. The van der Waals surface area contributed by atoms with Crippen molar-refractivity contribution in [1.29, 1.82) is 0 Å². The maximum Gasteiger partial charge on any atom is 0.267 e. The van der Waals surface area contributed by atoms with Crippen LogP contribution in [0.1, 0.15) is 18.1 Å². The van der Waals surface area contributed by atoms with Crippen LogP contribution in [0.25, 0.3) is 5.57 Å². The van der Waals surface area contributed by atoms with E-state index in [1.165, 1.54) is 9.80 Å². The summed E-state index contributed by atoms with van der Waals surface area (Å²) in [6.07, 6.45) is 0. The van der Waals surface area contributed by atoms with E-state index in [0.29, 0.717) is 38.6 Å². The lowest BCUT2D eigenvalue weighted by Crippen LogP contribution is -2.35. The Morgan fingerprint density at radius 1 is 0.974 bits per heavy atom. The first-order chi connectivity index (χ1) is 18.4. The van der Waals surface area contributed by atoms with E-state index >= 15 is 0 Å². The summed E-state index contributed by atoms with van der Waals surface area (Å²) < 4.78 is 5.77. The smallest absolute Gasteiger partial charge is 0.267 e. The van der Waals surface area contributed by atoms with Crippen molar-refractivity contribution in [3.8, 4) is 5.75 Å². The largest absolute Gasteiger partial charge is 0.494 e. The number of carbonyl (C=O) groups excluding carboxylic acids is 3. The number of nitrogens with one attached hydrogen (secondary N) is 1. The van der Waals surface area contributed by atoms with Gasteiger partial charge in [-0.25, -0.2) is 0 Å². The van der Waals surface area contributed by atoms with E-state index in [4.69, 9.17) is 28.6 Å². The summed E-state index contributed by atoms with van der Waals surface area (Å²) in [4.78, 5) is 43.1. The van der Waals surface area contributed by atoms with Crippen molar-refractivity contribution in [2.75, 3.05) is 23.4 Å². The van der Waals surface area contributed by atoms with Crippen LogP contribution in [0.4, 0.5) is 11.4 Å². The lowest BCUT2D eigenvalue weighted by atomic mass is 10.1. The molecule has 0 bridgehead atoms. The number of fused-ring (bicyclic) bond motifs is 1. The van der Waals surface area contributed by atoms with Crippen LogP contribution in [0, 0.1) is 0 Å². The van der Waals surface area contributed by atoms with Gasteiger partial charge in [0.25, 0.3) is 11.8 Å². The molecule has 3 aromatic carbocycles. The molecule has 1 fully saturated rings. The van der Waals surface area contributed by atoms with Crippen LogP contribution in [-0.2, 0) is 20.9 Å². The van der Waals surface area contributed by atoms with Crippen molar-refractivity contribution in [2.45, 2.75) is 13.5 Å². The van der Waals surface area contributed by atoms with E-state index in [-0.39, 0.29) is 35.4 Å². The second kappa shape index (κ2) is 11.0. The van der Waals surface area contributed by atoms with Crippen LogP contribution >= 0.6 is 35.6 Å². The molecule has 0 spiro atoms. The molecule has 2 aliphatic heterocycles. The number of anilines is 2. The Morgan fingerprint density at radius 3 is 2.42 bits per heavy atom. The molecule has 3 aromatic rings. The second-order valence-electron chi connectivity index (χ2n) is 8.47. The number of thioether (sulfide) groups is 1. The highest BCUT2D eigenvalue weighted by Crippen LogP contribution is 2.45. The number of ether oxygens (including phenoxy) is 1. The summed E-state index contributed by atoms with van der Waals surface area (Å²) in [5.41, 5.74) is 2.73. The third-order valence-electron chi connectivity index (χ3n) is 6.04. The van der Waals surface area contributed by atoms with Crippen molar-refractivity contribution in [2.24, 2.45) is 0 Å². The number of para-hydroxylation sites is 1. The van der Waals surface area contributed by atoms with Crippen molar-refractivity contribution in [3.63, 3.8) is 0 Å². The fraction of sp³-hybridized carbons (Fsp3) is 0.143. The number of hydrogen-bond donors (Lipinski definition) is 1. The maximum atomic E-state index is 13.6. The number of carbonyl (C=O) groups is 3. The zero-order valence-electron chi connectivity index (χ0n) is 20.3. The molecule has 0 aliphatic carbocycles. The zero-order chi connectivity index (χ0) is 26.8. The summed E-state index contributed by atoms with van der Waals surface area (Å²) in [7, 11) is 0. The van der Waals surface area contributed by atoms with E-state index in [1.54, 1.807) is 54.6 Å². The molecule has 0 radical (unpaired) electrons. The third kappa shape index (κ3) is 5.05. The third-order valence-corrected chi connectivity index (χ3v) is 7.85. The number of rotatable bonds is 7. The minimum absolute atomic E-state index is 0.200. The van der Waals surface area contributed by atoms with Crippen molar-refractivity contribution in [3.05, 3.63) is 93.9 Å². The number of amides is 3. The molecule has 192 valence electrons. The molecule has 38 heavy (non-hydrogen) atoms. The van der Waals surface area contributed by atoms with Crippen LogP contribution in [0.3, 0.4) is 0 Å². The molecule has 2 heterocycles. The first-order valence-corrected chi connectivity index (χ1v) is 13.4. The van der Waals surface area contributed by atoms with E-state index in [2.05, 4.69) is 5.32 Å². The summed E-state index contributed by atoms with van der Waals surface area (Å²) >= 11 is 12.9. The maximum absolute atomic E-state index is 13.6. The highest BCUT2D eigenvalue weighted by molar-refractivity contribution is 8.26. The van der Waals surface area contributed by atoms with Gasteiger partial charge in [0, 0.05) is 16.3 Å². The van der Waals surface area contributed by atoms with Crippen molar-refractivity contribution < 1.29 is 19.1 Å². The Kier molecular flexibility index (Phi) is 7.51. The van der Waals surface area contributed by atoms with Gasteiger partial charge in [-0.15, -0.1) is 0 Å². The van der Waals surface area contributed by atoms with Crippen LogP contribution in [0.15, 0.2) is 77.7 Å². The fourth-order valence-corrected chi connectivity index (χ4v) is 5.81. The Balaban J connectivity index is 1.39. The fourth-order valence-electron chi connectivity index (χ4n) is 4.28. The number of thiocarbonyl (C=S) groups is 1. The molecule has 1 N–H and O–H groups in total. The van der Waals surface area contributed by atoms with Gasteiger partial charge in [-0.05, 0) is 48.9 Å². The summed E-state index contributed by atoms with van der Waals surface area (Å²) in [5, 5.41) is 3.34. The summed E-state index contributed by atoms with van der Waals surface area (Å²) in [5.74, 6) is -0.458. The van der Waals surface area contributed by atoms with Crippen LogP contribution in [0.5, 0.6) is 5.75 Å². The Hall–Kier alpha value is -3.66. The average molecular weight is 564 g/mol. The lowest BCUT2D eigenvalue weighted by molar-refractivity contribution is -0.122. The molecular weight excluding hydrogens is 542 g/mol. The van der Waals surface area contributed by atoms with E-state index in [9.17, 15) is 14.4 Å². The number of halogens is 1.